The largest absolute Gasteiger partial charge is 0.507 e. The fraction of sp³-hybridized carbons (Fsp3) is 0.120. The molecule has 0 saturated carbocycles. The molecule has 168 valence electrons. The van der Waals surface area contributed by atoms with E-state index in [4.69, 9.17) is 21.1 Å². The molecule has 3 aromatic carbocycles. The molecule has 1 heterocycles. The van der Waals surface area contributed by atoms with Gasteiger partial charge in [0.2, 0.25) is 0 Å². The molecule has 1 saturated heterocycles. The zero-order valence-electron chi connectivity index (χ0n) is 17.7. The molecule has 1 amide bonds. The third-order valence-electron chi connectivity index (χ3n) is 5.36. The molecule has 33 heavy (non-hydrogen) atoms. The lowest BCUT2D eigenvalue weighted by Gasteiger charge is -2.26. The van der Waals surface area contributed by atoms with Crippen LogP contribution in [-0.2, 0) is 9.59 Å². The van der Waals surface area contributed by atoms with Crippen LogP contribution in [0.25, 0.3) is 5.76 Å². The summed E-state index contributed by atoms with van der Waals surface area (Å²) in [6.45, 7) is 0. The van der Waals surface area contributed by atoms with E-state index in [2.05, 4.69) is 0 Å². The number of Topliss-reactive ketones (excluding diaryl/α,β-unsaturated/α-hetero) is 1. The molecule has 0 spiro atoms. The fourth-order valence-electron chi connectivity index (χ4n) is 3.86. The minimum atomic E-state index is -1.05. The van der Waals surface area contributed by atoms with Crippen LogP contribution < -0.4 is 14.4 Å². The first-order valence-electron chi connectivity index (χ1n) is 9.90. The number of rotatable bonds is 5. The van der Waals surface area contributed by atoms with Crippen LogP contribution in [0.3, 0.4) is 0 Å². The molecule has 0 bridgehead atoms. The highest BCUT2D eigenvalue weighted by atomic mass is 35.5. The van der Waals surface area contributed by atoms with Crippen LogP contribution in [-0.4, -0.2) is 31.0 Å². The number of hydrogen-bond acceptors (Lipinski definition) is 5. The van der Waals surface area contributed by atoms with Crippen LogP contribution in [0.15, 0.2) is 72.3 Å². The molecule has 0 aromatic heterocycles. The lowest BCUT2D eigenvalue weighted by atomic mass is 9.94. The summed E-state index contributed by atoms with van der Waals surface area (Å²) >= 11 is 6.11. The van der Waals surface area contributed by atoms with Gasteiger partial charge in [0.15, 0.2) is 0 Å². The summed E-state index contributed by atoms with van der Waals surface area (Å²) < 4.78 is 24.6. The van der Waals surface area contributed by atoms with E-state index in [1.807, 2.05) is 0 Å². The van der Waals surface area contributed by atoms with Crippen molar-refractivity contribution in [3.63, 3.8) is 0 Å². The number of amides is 1. The fourth-order valence-corrected chi connectivity index (χ4v) is 4.03. The summed E-state index contributed by atoms with van der Waals surface area (Å²) in [7, 11) is 2.89. The van der Waals surface area contributed by atoms with Crippen molar-refractivity contribution in [1.29, 1.82) is 0 Å². The van der Waals surface area contributed by atoms with Crippen molar-refractivity contribution in [2.24, 2.45) is 0 Å². The maximum atomic E-state index is 14.0. The number of ketones is 1. The molecule has 4 rings (SSSR count). The van der Waals surface area contributed by atoms with Gasteiger partial charge in [-0.2, -0.15) is 0 Å². The van der Waals surface area contributed by atoms with Gasteiger partial charge in [-0.1, -0.05) is 29.8 Å². The number of hydrogen-bond donors (Lipinski definition) is 1. The maximum absolute atomic E-state index is 14.0. The average molecular weight is 468 g/mol. The van der Waals surface area contributed by atoms with E-state index in [9.17, 15) is 19.1 Å². The number of carbonyl (C=O) groups is 2. The zero-order chi connectivity index (χ0) is 23.7. The second-order valence-electron chi connectivity index (χ2n) is 7.27. The Morgan fingerprint density at radius 1 is 1.00 bits per heavy atom. The first-order chi connectivity index (χ1) is 15.8. The Balaban J connectivity index is 2.00. The van der Waals surface area contributed by atoms with Crippen LogP contribution in [0.2, 0.25) is 5.02 Å². The van der Waals surface area contributed by atoms with Gasteiger partial charge in [0.1, 0.15) is 23.1 Å². The summed E-state index contributed by atoms with van der Waals surface area (Å²) in [5.74, 6) is -2.12. The van der Waals surface area contributed by atoms with Crippen molar-refractivity contribution in [2.75, 3.05) is 19.1 Å². The van der Waals surface area contributed by atoms with Crippen LogP contribution in [0.1, 0.15) is 17.2 Å². The molecule has 3 aromatic rings. The van der Waals surface area contributed by atoms with E-state index in [1.54, 1.807) is 36.4 Å². The number of aliphatic hydroxyl groups excluding tert-OH is 1. The van der Waals surface area contributed by atoms with Crippen LogP contribution >= 0.6 is 11.6 Å². The third kappa shape index (κ3) is 4.03. The lowest BCUT2D eigenvalue weighted by molar-refractivity contribution is -0.132. The second-order valence-corrected chi connectivity index (χ2v) is 7.71. The number of ether oxygens (including phenoxy) is 2. The third-order valence-corrected chi connectivity index (χ3v) is 5.59. The molecule has 1 unspecified atom stereocenters. The van der Waals surface area contributed by atoms with Crippen molar-refractivity contribution in [2.45, 2.75) is 6.04 Å². The summed E-state index contributed by atoms with van der Waals surface area (Å²) in [5.41, 5.74) is 0.621. The number of carbonyl (C=O) groups excluding carboxylic acids is 2. The maximum Gasteiger partial charge on any atom is 0.300 e. The zero-order valence-corrected chi connectivity index (χ0v) is 18.5. The van der Waals surface area contributed by atoms with Gasteiger partial charge in [0, 0.05) is 10.7 Å². The Hall–Kier alpha value is -3.84. The highest BCUT2D eigenvalue weighted by molar-refractivity contribution is 6.51. The van der Waals surface area contributed by atoms with Gasteiger partial charge in [-0.3, -0.25) is 14.5 Å². The van der Waals surface area contributed by atoms with Crippen molar-refractivity contribution < 1.29 is 28.6 Å². The molecular weight excluding hydrogens is 449 g/mol. The average Bonchev–Trinajstić information content (AvgIpc) is 3.09. The molecule has 8 heteroatoms. The SMILES string of the molecule is COc1cccc(C2/C(=C(\O)c3cc(Cl)ccc3OC)C(=O)C(=O)N2c2cccc(F)c2)c1. The van der Waals surface area contributed by atoms with E-state index in [-0.39, 0.29) is 22.6 Å². The van der Waals surface area contributed by atoms with Crippen LogP contribution in [0.4, 0.5) is 10.1 Å². The number of aliphatic hydroxyl groups is 1. The number of methoxy groups -OCH3 is 2. The summed E-state index contributed by atoms with van der Waals surface area (Å²) in [5, 5.41) is 11.6. The Kier molecular flexibility index (Phi) is 6.07. The molecular formula is C25H19ClFNO5. The first kappa shape index (κ1) is 22.4. The lowest BCUT2D eigenvalue weighted by Crippen LogP contribution is -2.29. The quantitative estimate of drug-likeness (QED) is 0.320. The Morgan fingerprint density at radius 2 is 1.76 bits per heavy atom. The second kappa shape index (κ2) is 8.96. The molecule has 1 fully saturated rings. The van der Waals surface area contributed by atoms with E-state index >= 15 is 0 Å². The number of benzene rings is 3. The van der Waals surface area contributed by atoms with Gasteiger partial charge in [0.25, 0.3) is 11.7 Å². The Morgan fingerprint density at radius 3 is 2.45 bits per heavy atom. The van der Waals surface area contributed by atoms with Crippen molar-refractivity contribution in [3.05, 3.63) is 94.3 Å². The minimum Gasteiger partial charge on any atom is -0.507 e. The van der Waals surface area contributed by atoms with Crippen molar-refractivity contribution >= 4 is 34.7 Å². The monoisotopic (exact) mass is 467 g/mol. The molecule has 0 radical (unpaired) electrons. The molecule has 6 nitrogen and oxygen atoms in total. The molecule has 1 atom stereocenters. The summed E-state index contributed by atoms with van der Waals surface area (Å²) in [6, 6.07) is 15.6. The molecule has 1 aliphatic rings. The highest BCUT2D eigenvalue weighted by Gasteiger charge is 2.47. The van der Waals surface area contributed by atoms with E-state index < -0.39 is 29.3 Å². The van der Waals surface area contributed by atoms with Gasteiger partial charge in [-0.25, -0.2) is 4.39 Å². The van der Waals surface area contributed by atoms with Crippen molar-refractivity contribution in [1.82, 2.24) is 0 Å². The smallest absolute Gasteiger partial charge is 0.300 e. The van der Waals surface area contributed by atoms with Gasteiger partial charge in [0.05, 0.1) is 31.4 Å². The predicted molar refractivity (Wildman–Crippen MR) is 122 cm³/mol. The minimum absolute atomic E-state index is 0.148. The van der Waals surface area contributed by atoms with Crippen molar-refractivity contribution in [3.8, 4) is 11.5 Å². The summed E-state index contributed by atoms with van der Waals surface area (Å²) in [4.78, 5) is 27.5. The topological polar surface area (TPSA) is 76.1 Å². The van der Waals surface area contributed by atoms with E-state index in [0.29, 0.717) is 16.3 Å². The van der Waals surface area contributed by atoms with Crippen LogP contribution in [0, 0.1) is 5.82 Å². The van der Waals surface area contributed by atoms with E-state index in [1.165, 1.54) is 38.5 Å². The number of nitrogens with zero attached hydrogens (tertiary/aromatic N) is 1. The number of anilines is 1. The van der Waals surface area contributed by atoms with Crippen LogP contribution in [0.5, 0.6) is 11.5 Å². The first-order valence-corrected chi connectivity index (χ1v) is 10.3. The standard InChI is InChI=1S/C25H19ClFNO5/c1-32-18-8-3-5-14(11-18)22-21(23(29)19-12-15(26)9-10-20(19)33-2)24(30)25(31)28(22)17-7-4-6-16(27)13-17/h3-13,22,29H,1-2H3/b23-21+. The normalized spacial score (nSPS) is 17.3. The Labute approximate surface area is 194 Å². The summed E-state index contributed by atoms with van der Waals surface area (Å²) in [6.07, 6.45) is 0. The number of halogens is 2. The molecule has 1 N–H and O–H groups in total. The Bertz CT molecular complexity index is 1290. The van der Waals surface area contributed by atoms with Gasteiger partial charge < -0.3 is 14.6 Å². The van der Waals surface area contributed by atoms with Gasteiger partial charge in [-0.05, 0) is 54.1 Å². The van der Waals surface area contributed by atoms with E-state index in [0.717, 1.165) is 11.0 Å². The molecule has 0 aliphatic carbocycles. The predicted octanol–water partition coefficient (Wildman–Crippen LogP) is 5.12. The molecule has 1 aliphatic heterocycles. The van der Waals surface area contributed by atoms with Gasteiger partial charge >= 0.3 is 0 Å². The van der Waals surface area contributed by atoms with Gasteiger partial charge in [-0.15, -0.1) is 0 Å². The highest BCUT2D eigenvalue weighted by Crippen LogP contribution is 2.44.